The van der Waals surface area contributed by atoms with Gasteiger partial charge in [0.05, 0.1) is 17.1 Å². The van der Waals surface area contributed by atoms with Crippen LogP contribution in [0.5, 0.6) is 0 Å². The van der Waals surface area contributed by atoms with Crippen LogP contribution in [-0.4, -0.2) is 35.3 Å². The molecule has 0 aliphatic heterocycles. The molecule has 1 aromatic carbocycles. The van der Waals surface area contributed by atoms with Crippen LogP contribution in [0.25, 0.3) is 0 Å². The van der Waals surface area contributed by atoms with Crippen molar-refractivity contribution in [3.8, 4) is 0 Å². The predicted octanol–water partition coefficient (Wildman–Crippen LogP) is 2.33. The number of aliphatic carboxylic acids is 1. The van der Waals surface area contributed by atoms with Crippen LogP contribution < -0.4 is 4.90 Å². The zero-order chi connectivity index (χ0) is 16.4. The van der Waals surface area contributed by atoms with Crippen molar-refractivity contribution < 1.29 is 36.8 Å². The molecule has 1 aromatic rings. The van der Waals surface area contributed by atoms with Crippen LogP contribution in [0, 0.1) is 21.7 Å². The van der Waals surface area contributed by atoms with Crippen LogP contribution in [0.15, 0.2) is 12.1 Å². The monoisotopic (exact) mass is 314 g/mol. The van der Waals surface area contributed by atoms with E-state index in [9.17, 15) is 36.9 Å². The number of hydrogen-bond acceptors (Lipinski definition) is 4. The first-order valence-corrected chi connectivity index (χ1v) is 5.18. The lowest BCUT2D eigenvalue weighted by atomic mass is 10.2. The van der Waals surface area contributed by atoms with Crippen LogP contribution in [0.1, 0.15) is 0 Å². The van der Waals surface area contributed by atoms with Crippen molar-refractivity contribution in [2.75, 3.05) is 18.0 Å². The maximum Gasteiger partial charge on any atom is 0.405 e. The second kappa shape index (κ2) is 5.89. The Morgan fingerprint density at radius 1 is 1.29 bits per heavy atom. The topological polar surface area (TPSA) is 83.7 Å². The maximum atomic E-state index is 13.6. The molecule has 0 aromatic heterocycles. The first-order valence-electron chi connectivity index (χ1n) is 5.18. The van der Waals surface area contributed by atoms with Gasteiger partial charge in [-0.2, -0.15) is 13.2 Å². The SMILES string of the molecule is O=C(O)CN(CC(F)(F)F)c1c(F)cc([N+](=O)[O-])cc1F. The summed E-state index contributed by atoms with van der Waals surface area (Å²) in [5.41, 5.74) is -2.30. The number of nitro benzene ring substituents is 1. The number of halogens is 5. The molecule has 0 bridgehead atoms. The summed E-state index contributed by atoms with van der Waals surface area (Å²) < 4.78 is 64.2. The van der Waals surface area contributed by atoms with Crippen LogP contribution in [0.4, 0.5) is 33.3 Å². The average Bonchev–Trinajstić information content (AvgIpc) is 2.24. The molecule has 0 spiro atoms. The van der Waals surface area contributed by atoms with Crippen molar-refractivity contribution in [1.82, 2.24) is 0 Å². The Balaban J connectivity index is 3.30. The number of nitro groups is 1. The molecule has 0 heterocycles. The first kappa shape index (κ1) is 16.6. The van der Waals surface area contributed by atoms with Gasteiger partial charge in [0.15, 0.2) is 11.6 Å². The van der Waals surface area contributed by atoms with E-state index in [0.717, 1.165) is 0 Å². The van der Waals surface area contributed by atoms with E-state index in [2.05, 4.69) is 0 Å². The molecule has 6 nitrogen and oxygen atoms in total. The summed E-state index contributed by atoms with van der Waals surface area (Å²) in [7, 11) is 0. The molecule has 0 fully saturated rings. The summed E-state index contributed by atoms with van der Waals surface area (Å²) in [6, 6.07) is 0.424. The molecule has 1 N–H and O–H groups in total. The Hall–Kier alpha value is -2.46. The molecule has 0 aliphatic carbocycles. The Morgan fingerprint density at radius 3 is 2.10 bits per heavy atom. The number of hydrogen-bond donors (Lipinski definition) is 1. The number of anilines is 1. The van der Waals surface area contributed by atoms with E-state index < -0.39 is 53.2 Å². The molecule has 0 amide bonds. The normalized spacial score (nSPS) is 11.3. The average molecular weight is 314 g/mol. The molecule has 0 saturated heterocycles. The zero-order valence-corrected chi connectivity index (χ0v) is 10.0. The lowest BCUT2D eigenvalue weighted by molar-refractivity contribution is -0.385. The van der Waals surface area contributed by atoms with Gasteiger partial charge in [0.25, 0.3) is 5.69 Å². The van der Waals surface area contributed by atoms with Gasteiger partial charge in [-0.05, 0) is 0 Å². The number of rotatable bonds is 5. The number of non-ortho nitro benzene ring substituents is 1. The Kier molecular flexibility index (Phi) is 4.66. The molecule has 0 saturated carbocycles. The zero-order valence-electron chi connectivity index (χ0n) is 10.0. The molecule has 0 atom stereocenters. The highest BCUT2D eigenvalue weighted by Gasteiger charge is 2.34. The second-order valence-corrected chi connectivity index (χ2v) is 3.88. The second-order valence-electron chi connectivity index (χ2n) is 3.88. The molecule has 11 heteroatoms. The third-order valence-corrected chi connectivity index (χ3v) is 2.22. The largest absolute Gasteiger partial charge is 0.480 e. The van der Waals surface area contributed by atoms with Gasteiger partial charge in [-0.3, -0.25) is 14.9 Å². The number of nitrogens with zero attached hydrogens (tertiary/aromatic N) is 2. The van der Waals surface area contributed by atoms with Crippen LogP contribution in [0.3, 0.4) is 0 Å². The quantitative estimate of drug-likeness (QED) is 0.512. The summed E-state index contributed by atoms with van der Waals surface area (Å²) in [5.74, 6) is -5.07. The molecular formula is C10H7F5N2O4. The highest BCUT2D eigenvalue weighted by Crippen LogP contribution is 2.30. The lowest BCUT2D eigenvalue weighted by Gasteiger charge is -2.24. The van der Waals surface area contributed by atoms with Crippen molar-refractivity contribution in [3.63, 3.8) is 0 Å². The first-order chi connectivity index (χ1) is 9.51. The fourth-order valence-corrected chi connectivity index (χ4v) is 1.55. The van der Waals surface area contributed by atoms with Crippen LogP contribution >= 0.6 is 0 Å². The van der Waals surface area contributed by atoms with Crippen molar-refractivity contribution >= 4 is 17.3 Å². The van der Waals surface area contributed by atoms with E-state index in [0.29, 0.717) is 0 Å². The number of carbonyl (C=O) groups is 1. The smallest absolute Gasteiger partial charge is 0.405 e. The molecule has 21 heavy (non-hydrogen) atoms. The van der Waals surface area contributed by atoms with E-state index >= 15 is 0 Å². The molecule has 0 radical (unpaired) electrons. The van der Waals surface area contributed by atoms with Crippen molar-refractivity contribution in [2.45, 2.75) is 6.18 Å². The molecule has 1 rings (SSSR count). The fraction of sp³-hybridized carbons (Fsp3) is 0.300. The Morgan fingerprint density at radius 2 is 1.76 bits per heavy atom. The highest BCUT2D eigenvalue weighted by atomic mass is 19.4. The third kappa shape index (κ3) is 4.54. The third-order valence-electron chi connectivity index (χ3n) is 2.22. The van der Waals surface area contributed by atoms with Gasteiger partial charge >= 0.3 is 12.1 Å². The standard InChI is InChI=1S/C10H7F5N2O4/c11-6-1-5(17(20)21)2-7(12)9(6)16(3-8(18)19)4-10(13,14)15/h1-2H,3-4H2,(H,18,19). The number of alkyl halides is 3. The summed E-state index contributed by atoms with van der Waals surface area (Å²) in [5, 5.41) is 18.9. The summed E-state index contributed by atoms with van der Waals surface area (Å²) in [6.07, 6.45) is -4.92. The molecule has 0 unspecified atom stereocenters. The lowest BCUT2D eigenvalue weighted by Crippen LogP contribution is -2.39. The number of carboxylic acid groups (broad SMARTS) is 1. The predicted molar refractivity (Wildman–Crippen MR) is 58.9 cm³/mol. The molecule has 0 aliphatic rings. The summed E-state index contributed by atoms with van der Waals surface area (Å²) in [4.78, 5) is 19.6. The minimum Gasteiger partial charge on any atom is -0.480 e. The summed E-state index contributed by atoms with van der Waals surface area (Å²) >= 11 is 0. The highest BCUT2D eigenvalue weighted by molar-refractivity contribution is 5.74. The minimum atomic E-state index is -4.92. The summed E-state index contributed by atoms with van der Waals surface area (Å²) in [6.45, 7) is -3.25. The number of benzene rings is 1. The van der Waals surface area contributed by atoms with Gasteiger partial charge in [-0.15, -0.1) is 0 Å². The Bertz CT molecular complexity index is 552. The van der Waals surface area contributed by atoms with Gasteiger partial charge in [0, 0.05) is 0 Å². The maximum absolute atomic E-state index is 13.6. The van der Waals surface area contributed by atoms with Crippen LogP contribution in [-0.2, 0) is 4.79 Å². The van der Waals surface area contributed by atoms with E-state index in [1.807, 2.05) is 0 Å². The van der Waals surface area contributed by atoms with Gasteiger partial charge in [-0.25, -0.2) is 8.78 Å². The number of carboxylic acids is 1. The van der Waals surface area contributed by atoms with Gasteiger partial charge in [0.1, 0.15) is 18.8 Å². The molecular weight excluding hydrogens is 307 g/mol. The van der Waals surface area contributed by atoms with Crippen molar-refractivity contribution in [2.24, 2.45) is 0 Å². The Labute approximate surface area is 113 Å². The van der Waals surface area contributed by atoms with Crippen molar-refractivity contribution in [1.29, 1.82) is 0 Å². The van der Waals surface area contributed by atoms with Crippen LogP contribution in [0.2, 0.25) is 0 Å². The van der Waals surface area contributed by atoms with Crippen molar-refractivity contribution in [3.05, 3.63) is 33.9 Å². The van der Waals surface area contributed by atoms with E-state index in [4.69, 9.17) is 5.11 Å². The van der Waals surface area contributed by atoms with E-state index in [1.54, 1.807) is 0 Å². The van der Waals surface area contributed by atoms with Gasteiger partial charge in [0.2, 0.25) is 0 Å². The fourth-order valence-electron chi connectivity index (χ4n) is 1.55. The van der Waals surface area contributed by atoms with Gasteiger partial charge < -0.3 is 10.0 Å². The minimum absolute atomic E-state index is 0.100. The van der Waals surface area contributed by atoms with Gasteiger partial charge in [-0.1, -0.05) is 0 Å². The molecule has 116 valence electrons. The van der Waals surface area contributed by atoms with E-state index in [-0.39, 0.29) is 17.0 Å². The van der Waals surface area contributed by atoms with E-state index in [1.165, 1.54) is 0 Å².